The fraction of sp³-hybridized carbons (Fsp3) is 0.600. The third-order valence-corrected chi connectivity index (χ3v) is 4.16. The maximum absolute atomic E-state index is 6.15. The zero-order valence-corrected chi connectivity index (χ0v) is 12.2. The molecule has 3 heteroatoms. The lowest BCUT2D eigenvalue weighted by molar-refractivity contribution is 0.347. The van der Waals surface area contributed by atoms with Gasteiger partial charge in [-0.3, -0.25) is 0 Å². The Kier molecular flexibility index (Phi) is 4.52. The van der Waals surface area contributed by atoms with Crippen LogP contribution >= 0.6 is 11.6 Å². The third-order valence-electron chi connectivity index (χ3n) is 3.94. The normalized spacial score (nSPS) is 17.1. The van der Waals surface area contributed by atoms with Crippen molar-refractivity contribution in [3.8, 4) is 5.75 Å². The molecule has 1 aliphatic heterocycles. The van der Waals surface area contributed by atoms with Crippen molar-refractivity contribution < 1.29 is 4.74 Å². The molecule has 1 aromatic rings. The standard InChI is InChI=1S/C15H22ClNO/c1-4-10(2)11(3)17-9-13-8-14(16)7-12-5-6-18-15(12)13/h7-8,10-11,17H,4-6,9H2,1-3H3. The molecule has 0 radical (unpaired) electrons. The molecule has 2 atom stereocenters. The zero-order valence-electron chi connectivity index (χ0n) is 11.4. The second-order valence-electron chi connectivity index (χ2n) is 5.21. The molecule has 2 unspecified atom stereocenters. The van der Waals surface area contributed by atoms with Gasteiger partial charge in [-0.1, -0.05) is 31.9 Å². The van der Waals surface area contributed by atoms with E-state index in [1.165, 1.54) is 17.5 Å². The molecular weight excluding hydrogens is 246 g/mol. The summed E-state index contributed by atoms with van der Waals surface area (Å²) in [6, 6.07) is 4.54. The Balaban J connectivity index is 2.06. The molecule has 0 aromatic heterocycles. The number of rotatable bonds is 5. The molecule has 2 rings (SSSR count). The highest BCUT2D eigenvalue weighted by Gasteiger charge is 2.18. The largest absolute Gasteiger partial charge is 0.493 e. The maximum Gasteiger partial charge on any atom is 0.127 e. The van der Waals surface area contributed by atoms with E-state index in [0.717, 1.165) is 30.3 Å². The first-order valence-corrected chi connectivity index (χ1v) is 7.17. The van der Waals surface area contributed by atoms with E-state index in [2.05, 4.69) is 26.1 Å². The van der Waals surface area contributed by atoms with Gasteiger partial charge in [-0.2, -0.15) is 0 Å². The van der Waals surface area contributed by atoms with E-state index >= 15 is 0 Å². The summed E-state index contributed by atoms with van der Waals surface area (Å²) in [7, 11) is 0. The van der Waals surface area contributed by atoms with E-state index < -0.39 is 0 Å². The molecule has 100 valence electrons. The lowest BCUT2D eigenvalue weighted by Crippen LogP contribution is -2.31. The smallest absolute Gasteiger partial charge is 0.127 e. The quantitative estimate of drug-likeness (QED) is 0.876. The van der Waals surface area contributed by atoms with Gasteiger partial charge in [-0.25, -0.2) is 0 Å². The molecule has 1 aliphatic rings. The lowest BCUT2D eigenvalue weighted by atomic mass is 10.0. The summed E-state index contributed by atoms with van der Waals surface area (Å²) in [5.41, 5.74) is 2.43. The average Bonchev–Trinajstić information content (AvgIpc) is 2.82. The SMILES string of the molecule is CCC(C)C(C)NCc1cc(Cl)cc2c1OCC2. The number of fused-ring (bicyclic) bond motifs is 1. The van der Waals surface area contributed by atoms with E-state index in [9.17, 15) is 0 Å². The molecule has 1 N–H and O–H groups in total. The molecule has 0 saturated carbocycles. The number of halogens is 1. The second-order valence-corrected chi connectivity index (χ2v) is 5.64. The summed E-state index contributed by atoms with van der Waals surface area (Å²) in [6.45, 7) is 8.34. The fourth-order valence-corrected chi connectivity index (χ4v) is 2.57. The number of ether oxygens (including phenoxy) is 1. The Labute approximate surface area is 115 Å². The van der Waals surface area contributed by atoms with Crippen molar-refractivity contribution in [2.75, 3.05) is 6.61 Å². The predicted molar refractivity (Wildman–Crippen MR) is 76.4 cm³/mol. The molecule has 1 heterocycles. The van der Waals surface area contributed by atoms with Gasteiger partial charge in [-0.05, 0) is 30.5 Å². The maximum atomic E-state index is 6.15. The predicted octanol–water partition coefficient (Wildman–Crippen LogP) is 3.80. The summed E-state index contributed by atoms with van der Waals surface area (Å²) in [4.78, 5) is 0. The van der Waals surface area contributed by atoms with Crippen LogP contribution in [0.3, 0.4) is 0 Å². The summed E-state index contributed by atoms with van der Waals surface area (Å²) in [5, 5.41) is 4.38. The van der Waals surface area contributed by atoms with Crippen LogP contribution in [-0.4, -0.2) is 12.6 Å². The van der Waals surface area contributed by atoms with Gasteiger partial charge in [-0.15, -0.1) is 0 Å². The molecule has 0 amide bonds. The third kappa shape index (κ3) is 2.99. The van der Waals surface area contributed by atoms with Crippen LogP contribution in [0.25, 0.3) is 0 Å². The average molecular weight is 268 g/mol. The van der Waals surface area contributed by atoms with Gasteiger partial charge in [0, 0.05) is 29.6 Å². The molecule has 18 heavy (non-hydrogen) atoms. The molecular formula is C15H22ClNO. The topological polar surface area (TPSA) is 21.3 Å². The molecule has 0 bridgehead atoms. The number of hydrogen-bond donors (Lipinski definition) is 1. The minimum absolute atomic E-state index is 0.506. The highest BCUT2D eigenvalue weighted by Crippen LogP contribution is 2.32. The first-order chi connectivity index (χ1) is 8.61. The van der Waals surface area contributed by atoms with Gasteiger partial charge in [0.05, 0.1) is 6.61 Å². The van der Waals surface area contributed by atoms with Crippen LogP contribution in [0.1, 0.15) is 38.3 Å². The van der Waals surface area contributed by atoms with Crippen LogP contribution < -0.4 is 10.1 Å². The van der Waals surface area contributed by atoms with Gasteiger partial charge in [0.2, 0.25) is 0 Å². The number of hydrogen-bond acceptors (Lipinski definition) is 2. The molecule has 0 spiro atoms. The van der Waals surface area contributed by atoms with Crippen molar-refractivity contribution >= 4 is 11.6 Å². The molecule has 0 saturated heterocycles. The summed E-state index contributed by atoms with van der Waals surface area (Å²) >= 11 is 6.15. The minimum atomic E-state index is 0.506. The highest BCUT2D eigenvalue weighted by molar-refractivity contribution is 6.30. The monoisotopic (exact) mass is 267 g/mol. The molecule has 2 nitrogen and oxygen atoms in total. The Hall–Kier alpha value is -0.730. The minimum Gasteiger partial charge on any atom is -0.493 e. The molecule has 0 aliphatic carbocycles. The fourth-order valence-electron chi connectivity index (χ4n) is 2.30. The first kappa shape index (κ1) is 13.7. The van der Waals surface area contributed by atoms with E-state index in [4.69, 9.17) is 16.3 Å². The number of nitrogens with one attached hydrogen (secondary N) is 1. The summed E-state index contributed by atoms with van der Waals surface area (Å²) in [6.07, 6.45) is 2.17. The molecule has 1 aromatic carbocycles. The van der Waals surface area contributed by atoms with Gasteiger partial charge in [0.1, 0.15) is 5.75 Å². The molecule has 0 fully saturated rings. The Morgan fingerprint density at radius 2 is 2.17 bits per heavy atom. The van der Waals surface area contributed by atoms with Gasteiger partial charge in [0.25, 0.3) is 0 Å². The van der Waals surface area contributed by atoms with Crippen LogP contribution in [-0.2, 0) is 13.0 Å². The second kappa shape index (κ2) is 5.94. The van der Waals surface area contributed by atoms with Crippen molar-refractivity contribution in [2.24, 2.45) is 5.92 Å². The number of benzene rings is 1. The van der Waals surface area contributed by atoms with Gasteiger partial charge >= 0.3 is 0 Å². The van der Waals surface area contributed by atoms with Gasteiger partial charge < -0.3 is 10.1 Å². The van der Waals surface area contributed by atoms with Crippen LogP contribution in [0.4, 0.5) is 0 Å². The summed E-state index contributed by atoms with van der Waals surface area (Å²) in [5.74, 6) is 1.72. The zero-order chi connectivity index (χ0) is 13.1. The Morgan fingerprint density at radius 1 is 1.39 bits per heavy atom. The van der Waals surface area contributed by atoms with E-state index in [-0.39, 0.29) is 0 Å². The lowest BCUT2D eigenvalue weighted by Gasteiger charge is -2.20. The van der Waals surface area contributed by atoms with E-state index in [1.807, 2.05) is 12.1 Å². The Morgan fingerprint density at radius 3 is 2.89 bits per heavy atom. The van der Waals surface area contributed by atoms with Crippen molar-refractivity contribution in [2.45, 2.75) is 46.2 Å². The first-order valence-electron chi connectivity index (χ1n) is 6.79. The Bertz CT molecular complexity index is 419. The van der Waals surface area contributed by atoms with E-state index in [1.54, 1.807) is 0 Å². The highest BCUT2D eigenvalue weighted by atomic mass is 35.5. The van der Waals surface area contributed by atoms with Crippen molar-refractivity contribution in [3.05, 3.63) is 28.3 Å². The van der Waals surface area contributed by atoms with Crippen LogP contribution in [0, 0.1) is 5.92 Å². The summed E-state index contributed by atoms with van der Waals surface area (Å²) < 4.78 is 5.71. The van der Waals surface area contributed by atoms with Crippen molar-refractivity contribution in [1.82, 2.24) is 5.32 Å². The van der Waals surface area contributed by atoms with Crippen LogP contribution in [0.15, 0.2) is 12.1 Å². The van der Waals surface area contributed by atoms with Crippen LogP contribution in [0.2, 0.25) is 5.02 Å². The van der Waals surface area contributed by atoms with Crippen molar-refractivity contribution in [3.63, 3.8) is 0 Å². The van der Waals surface area contributed by atoms with Crippen LogP contribution in [0.5, 0.6) is 5.75 Å². The van der Waals surface area contributed by atoms with Gasteiger partial charge in [0.15, 0.2) is 0 Å². The van der Waals surface area contributed by atoms with Crippen molar-refractivity contribution in [1.29, 1.82) is 0 Å². The van der Waals surface area contributed by atoms with E-state index in [0.29, 0.717) is 12.0 Å².